The first-order valence-electron chi connectivity index (χ1n) is 12.8. The molecule has 0 aromatic heterocycles. The summed E-state index contributed by atoms with van der Waals surface area (Å²) < 4.78 is 6.28. The van der Waals surface area contributed by atoms with E-state index in [0.717, 1.165) is 56.5 Å². The standard InChI is InChI=1S/C27H44O3/c1-19(29)23-10-11-24-22-9-8-20-18-21(30-17-7-5-4-6-16-28)12-14-26(20,2)25(22)13-15-27(23,24)3/h8,21-25,28H,4-7,9-18H2,1-3H3/t21-,22?,23+,24?,25?,26-,27+/m0/s1. The lowest BCUT2D eigenvalue weighted by Gasteiger charge is -2.58. The summed E-state index contributed by atoms with van der Waals surface area (Å²) >= 11 is 0. The van der Waals surface area contributed by atoms with Gasteiger partial charge in [-0.05, 0) is 99.7 Å². The molecule has 0 bridgehead atoms. The first kappa shape index (κ1) is 22.5. The maximum absolute atomic E-state index is 12.3. The monoisotopic (exact) mass is 416 g/mol. The maximum Gasteiger partial charge on any atom is 0.133 e. The van der Waals surface area contributed by atoms with Crippen LogP contribution in [-0.2, 0) is 9.53 Å². The zero-order valence-electron chi connectivity index (χ0n) is 19.6. The van der Waals surface area contributed by atoms with Crippen LogP contribution in [0, 0.1) is 34.5 Å². The predicted molar refractivity (Wildman–Crippen MR) is 121 cm³/mol. The molecule has 0 heterocycles. The number of hydrogen-bond acceptors (Lipinski definition) is 3. The lowest BCUT2D eigenvalue weighted by Crippen LogP contribution is -2.51. The molecule has 7 atom stereocenters. The summed E-state index contributed by atoms with van der Waals surface area (Å²) in [5.74, 6) is 3.08. The molecule has 30 heavy (non-hydrogen) atoms. The number of unbranched alkanes of at least 4 members (excludes halogenated alkanes) is 3. The number of carbonyl (C=O) groups excluding carboxylic acids is 1. The number of carbonyl (C=O) groups is 1. The quantitative estimate of drug-likeness (QED) is 0.384. The number of rotatable bonds is 8. The minimum Gasteiger partial charge on any atom is -0.396 e. The van der Waals surface area contributed by atoms with Gasteiger partial charge < -0.3 is 9.84 Å². The zero-order valence-corrected chi connectivity index (χ0v) is 19.6. The molecule has 3 nitrogen and oxygen atoms in total. The molecule has 4 rings (SSSR count). The van der Waals surface area contributed by atoms with Crippen LogP contribution in [0.1, 0.15) is 97.8 Å². The Labute approximate surface area is 184 Å². The Kier molecular flexibility index (Phi) is 6.80. The summed E-state index contributed by atoms with van der Waals surface area (Å²) in [6, 6.07) is 0. The number of hydrogen-bond donors (Lipinski definition) is 1. The van der Waals surface area contributed by atoms with Crippen molar-refractivity contribution in [2.24, 2.45) is 34.5 Å². The summed E-state index contributed by atoms with van der Waals surface area (Å²) in [4.78, 5) is 12.3. The van der Waals surface area contributed by atoms with Crippen molar-refractivity contribution in [3.63, 3.8) is 0 Å². The molecule has 0 amide bonds. The molecule has 0 aromatic carbocycles. The molecule has 1 N–H and O–H groups in total. The summed E-state index contributed by atoms with van der Waals surface area (Å²) in [7, 11) is 0. The number of ether oxygens (including phenoxy) is 1. The van der Waals surface area contributed by atoms with E-state index in [1.165, 1.54) is 44.9 Å². The third-order valence-electron chi connectivity index (χ3n) is 9.96. The fraction of sp³-hybridized carbons (Fsp3) is 0.889. The molecule has 3 heteroatoms. The SMILES string of the molecule is CC(=O)[C@H]1CCC2C3CC=C4C[C@@H](OCCCCCCO)CC[C@]4(C)C3CC[C@@]21C. The minimum atomic E-state index is 0.255. The highest BCUT2D eigenvalue weighted by Gasteiger charge is 2.59. The van der Waals surface area contributed by atoms with Crippen LogP contribution in [0.4, 0.5) is 0 Å². The van der Waals surface area contributed by atoms with Gasteiger partial charge in [0.05, 0.1) is 6.10 Å². The molecule has 3 unspecified atom stereocenters. The summed E-state index contributed by atoms with van der Waals surface area (Å²) in [5, 5.41) is 8.89. The van der Waals surface area contributed by atoms with Crippen LogP contribution in [0.2, 0.25) is 0 Å². The van der Waals surface area contributed by atoms with Gasteiger partial charge in [-0.15, -0.1) is 0 Å². The first-order chi connectivity index (χ1) is 14.4. The Morgan fingerprint density at radius 2 is 1.87 bits per heavy atom. The van der Waals surface area contributed by atoms with Gasteiger partial charge in [0, 0.05) is 19.1 Å². The molecule has 4 aliphatic carbocycles. The van der Waals surface area contributed by atoms with Gasteiger partial charge in [0.25, 0.3) is 0 Å². The highest BCUT2D eigenvalue weighted by molar-refractivity contribution is 5.79. The lowest BCUT2D eigenvalue weighted by atomic mass is 9.47. The van der Waals surface area contributed by atoms with Crippen LogP contribution in [-0.4, -0.2) is 30.2 Å². The van der Waals surface area contributed by atoms with Crippen LogP contribution >= 0.6 is 0 Å². The first-order valence-corrected chi connectivity index (χ1v) is 12.8. The van der Waals surface area contributed by atoms with E-state index in [2.05, 4.69) is 19.9 Å². The molecule has 0 aromatic rings. The van der Waals surface area contributed by atoms with Crippen molar-refractivity contribution in [3.8, 4) is 0 Å². The van der Waals surface area contributed by atoms with Crippen molar-refractivity contribution in [1.82, 2.24) is 0 Å². The Morgan fingerprint density at radius 1 is 1.07 bits per heavy atom. The van der Waals surface area contributed by atoms with E-state index >= 15 is 0 Å². The molecule has 0 radical (unpaired) electrons. The van der Waals surface area contributed by atoms with Crippen molar-refractivity contribution in [2.75, 3.05) is 13.2 Å². The summed E-state index contributed by atoms with van der Waals surface area (Å²) in [6.07, 6.45) is 17.1. The van der Waals surface area contributed by atoms with E-state index in [4.69, 9.17) is 9.84 Å². The van der Waals surface area contributed by atoms with Gasteiger partial charge in [-0.3, -0.25) is 4.79 Å². The predicted octanol–water partition coefficient (Wildman–Crippen LogP) is 6.09. The van der Waals surface area contributed by atoms with Gasteiger partial charge >= 0.3 is 0 Å². The Balaban J connectivity index is 1.38. The molecular formula is C27H44O3. The second-order valence-electron chi connectivity index (χ2n) is 11.4. The number of fused-ring (bicyclic) bond motifs is 5. The Hall–Kier alpha value is -0.670. The maximum atomic E-state index is 12.3. The molecule has 3 fully saturated rings. The van der Waals surface area contributed by atoms with Gasteiger partial charge in [-0.25, -0.2) is 0 Å². The highest BCUT2D eigenvalue weighted by atomic mass is 16.5. The third-order valence-corrected chi connectivity index (χ3v) is 9.96. The minimum absolute atomic E-state index is 0.255. The van der Waals surface area contributed by atoms with Gasteiger partial charge in [0.2, 0.25) is 0 Å². The van der Waals surface area contributed by atoms with Gasteiger partial charge in [-0.1, -0.05) is 38.3 Å². The van der Waals surface area contributed by atoms with Gasteiger partial charge in [0.15, 0.2) is 0 Å². The molecule has 0 saturated heterocycles. The largest absolute Gasteiger partial charge is 0.396 e. The average Bonchev–Trinajstić information content (AvgIpc) is 3.08. The third kappa shape index (κ3) is 3.94. The molecular weight excluding hydrogens is 372 g/mol. The van der Waals surface area contributed by atoms with E-state index < -0.39 is 0 Å². The van der Waals surface area contributed by atoms with Crippen molar-refractivity contribution in [2.45, 2.75) is 104 Å². The van der Waals surface area contributed by atoms with Gasteiger partial charge in [0.1, 0.15) is 5.78 Å². The molecule has 0 spiro atoms. The highest BCUT2D eigenvalue weighted by Crippen LogP contribution is 2.66. The zero-order chi connectivity index (χ0) is 21.4. The molecule has 0 aliphatic heterocycles. The number of aliphatic hydroxyl groups is 1. The second-order valence-corrected chi connectivity index (χ2v) is 11.4. The van der Waals surface area contributed by atoms with Crippen molar-refractivity contribution in [1.29, 1.82) is 0 Å². The summed E-state index contributed by atoms with van der Waals surface area (Å²) in [6.45, 7) is 8.02. The van der Waals surface area contributed by atoms with Gasteiger partial charge in [-0.2, -0.15) is 0 Å². The number of Topliss-reactive ketones (excluding diaryl/α,β-unsaturated/α-hetero) is 1. The van der Waals surface area contributed by atoms with Crippen molar-refractivity contribution >= 4 is 5.78 Å². The second kappa shape index (κ2) is 9.06. The summed E-state index contributed by atoms with van der Waals surface area (Å²) in [5.41, 5.74) is 2.30. The van der Waals surface area contributed by atoms with Crippen LogP contribution in [0.25, 0.3) is 0 Å². The van der Waals surface area contributed by atoms with E-state index in [9.17, 15) is 4.79 Å². The van der Waals surface area contributed by atoms with E-state index in [1.807, 2.05) is 6.92 Å². The topological polar surface area (TPSA) is 46.5 Å². The van der Waals surface area contributed by atoms with Crippen molar-refractivity contribution in [3.05, 3.63) is 11.6 Å². The van der Waals surface area contributed by atoms with Crippen LogP contribution < -0.4 is 0 Å². The molecule has 3 saturated carbocycles. The fourth-order valence-corrected chi connectivity index (χ4v) is 8.25. The van der Waals surface area contributed by atoms with E-state index in [-0.39, 0.29) is 5.41 Å². The number of allylic oxidation sites excluding steroid dienone is 1. The average molecular weight is 417 g/mol. The van der Waals surface area contributed by atoms with Crippen LogP contribution in [0.5, 0.6) is 0 Å². The van der Waals surface area contributed by atoms with E-state index in [1.54, 1.807) is 5.57 Å². The molecule has 170 valence electrons. The Morgan fingerprint density at radius 3 is 2.63 bits per heavy atom. The number of aliphatic hydroxyl groups excluding tert-OH is 1. The van der Waals surface area contributed by atoms with Crippen molar-refractivity contribution < 1.29 is 14.6 Å². The Bertz CT molecular complexity index is 654. The smallest absolute Gasteiger partial charge is 0.133 e. The van der Waals surface area contributed by atoms with E-state index in [0.29, 0.717) is 29.8 Å². The lowest BCUT2D eigenvalue weighted by molar-refractivity contribution is -0.127. The normalized spacial score (nSPS) is 42.8. The number of ketones is 1. The van der Waals surface area contributed by atoms with Crippen LogP contribution in [0.15, 0.2) is 11.6 Å². The van der Waals surface area contributed by atoms with Crippen LogP contribution in [0.3, 0.4) is 0 Å². The fourth-order valence-electron chi connectivity index (χ4n) is 8.25. The molecule has 4 aliphatic rings.